The summed E-state index contributed by atoms with van der Waals surface area (Å²) in [6, 6.07) is 3.88. The summed E-state index contributed by atoms with van der Waals surface area (Å²) in [7, 11) is 0. The van der Waals surface area contributed by atoms with Crippen LogP contribution in [0.2, 0.25) is 0 Å². The fourth-order valence-electron chi connectivity index (χ4n) is 3.25. The molecule has 0 heterocycles. The number of carbonyl (C=O) groups excluding carboxylic acids is 1. The lowest BCUT2D eigenvalue weighted by Gasteiger charge is -2.38. The summed E-state index contributed by atoms with van der Waals surface area (Å²) in [5.74, 6) is -0.903. The van der Waals surface area contributed by atoms with Gasteiger partial charge in [-0.2, -0.15) is 0 Å². The van der Waals surface area contributed by atoms with E-state index < -0.39 is 17.0 Å². The van der Waals surface area contributed by atoms with Crippen LogP contribution >= 0.6 is 0 Å². The number of benzene rings is 1. The molecule has 2 atom stereocenters. The molecular formula is C16H20F2O. The SMILES string of the molecule is CC1CCC(C(C)(C)c2c(F)cccc2F)C(=O)C1. The molecule has 1 fully saturated rings. The van der Waals surface area contributed by atoms with Crippen LogP contribution in [-0.4, -0.2) is 5.78 Å². The second-order valence-electron chi connectivity index (χ2n) is 6.22. The first-order chi connectivity index (χ1) is 8.84. The van der Waals surface area contributed by atoms with Crippen LogP contribution in [0, 0.1) is 23.5 Å². The third-order valence-corrected chi connectivity index (χ3v) is 4.36. The Morgan fingerprint density at radius 3 is 2.26 bits per heavy atom. The number of halogens is 2. The van der Waals surface area contributed by atoms with Crippen molar-refractivity contribution in [2.24, 2.45) is 11.8 Å². The minimum atomic E-state index is -0.799. The molecule has 0 N–H and O–H groups in total. The Kier molecular flexibility index (Phi) is 3.75. The van der Waals surface area contributed by atoms with Gasteiger partial charge in [-0.15, -0.1) is 0 Å². The summed E-state index contributed by atoms with van der Waals surface area (Å²) >= 11 is 0. The highest BCUT2D eigenvalue weighted by Crippen LogP contribution is 2.42. The Hall–Kier alpha value is -1.25. The molecule has 0 aromatic heterocycles. The Balaban J connectivity index is 2.39. The third kappa shape index (κ3) is 2.56. The van der Waals surface area contributed by atoms with Gasteiger partial charge in [-0.3, -0.25) is 4.79 Å². The van der Waals surface area contributed by atoms with E-state index in [9.17, 15) is 13.6 Å². The van der Waals surface area contributed by atoms with E-state index in [0.29, 0.717) is 18.8 Å². The van der Waals surface area contributed by atoms with Crippen LogP contribution in [0.3, 0.4) is 0 Å². The Morgan fingerprint density at radius 1 is 1.16 bits per heavy atom. The quantitative estimate of drug-likeness (QED) is 0.782. The fourth-order valence-corrected chi connectivity index (χ4v) is 3.25. The van der Waals surface area contributed by atoms with Crippen molar-refractivity contribution in [3.8, 4) is 0 Å². The van der Waals surface area contributed by atoms with E-state index in [1.165, 1.54) is 18.2 Å². The summed E-state index contributed by atoms with van der Waals surface area (Å²) in [6.07, 6.45) is 2.17. The average Bonchev–Trinajstić information content (AvgIpc) is 2.27. The summed E-state index contributed by atoms with van der Waals surface area (Å²) in [5.41, 5.74) is -0.755. The molecule has 1 saturated carbocycles. The summed E-state index contributed by atoms with van der Waals surface area (Å²) < 4.78 is 27.9. The minimum absolute atomic E-state index is 0.0444. The zero-order chi connectivity index (χ0) is 14.2. The highest BCUT2D eigenvalue weighted by Gasteiger charge is 2.41. The zero-order valence-corrected chi connectivity index (χ0v) is 11.7. The smallest absolute Gasteiger partial charge is 0.137 e. The average molecular weight is 266 g/mol. The molecule has 1 aromatic rings. The molecule has 0 spiro atoms. The lowest BCUT2D eigenvalue weighted by Crippen LogP contribution is -2.39. The number of hydrogen-bond donors (Lipinski definition) is 0. The Bertz CT molecular complexity index is 473. The molecule has 0 radical (unpaired) electrons. The summed E-state index contributed by atoms with van der Waals surface area (Å²) in [6.45, 7) is 5.59. The van der Waals surface area contributed by atoms with Gasteiger partial charge in [0.25, 0.3) is 0 Å². The van der Waals surface area contributed by atoms with Gasteiger partial charge in [0.1, 0.15) is 17.4 Å². The van der Waals surface area contributed by atoms with Crippen molar-refractivity contribution in [2.75, 3.05) is 0 Å². The highest BCUT2D eigenvalue weighted by atomic mass is 19.1. The van der Waals surface area contributed by atoms with E-state index in [4.69, 9.17) is 0 Å². The lowest BCUT2D eigenvalue weighted by atomic mass is 9.65. The van der Waals surface area contributed by atoms with Crippen LogP contribution in [0.5, 0.6) is 0 Å². The first-order valence-corrected chi connectivity index (χ1v) is 6.81. The van der Waals surface area contributed by atoms with E-state index in [-0.39, 0.29) is 17.3 Å². The maximum atomic E-state index is 14.0. The molecule has 2 unspecified atom stereocenters. The van der Waals surface area contributed by atoms with Crippen molar-refractivity contribution >= 4 is 5.78 Å². The monoisotopic (exact) mass is 266 g/mol. The van der Waals surface area contributed by atoms with Crippen molar-refractivity contribution in [3.05, 3.63) is 35.4 Å². The summed E-state index contributed by atoms with van der Waals surface area (Å²) in [5, 5.41) is 0. The fraction of sp³-hybridized carbons (Fsp3) is 0.562. The molecular weight excluding hydrogens is 246 g/mol. The van der Waals surface area contributed by atoms with Gasteiger partial charge in [0.05, 0.1) is 0 Å². The van der Waals surface area contributed by atoms with Crippen LogP contribution in [0.15, 0.2) is 18.2 Å². The molecule has 1 nitrogen and oxygen atoms in total. The normalized spacial score (nSPS) is 24.6. The molecule has 0 aliphatic heterocycles. The minimum Gasteiger partial charge on any atom is -0.299 e. The van der Waals surface area contributed by atoms with Gasteiger partial charge >= 0.3 is 0 Å². The molecule has 0 amide bonds. The van der Waals surface area contributed by atoms with E-state index >= 15 is 0 Å². The number of Topliss-reactive ketones (excluding diaryl/α,β-unsaturated/α-hetero) is 1. The number of ketones is 1. The largest absolute Gasteiger partial charge is 0.299 e. The topological polar surface area (TPSA) is 17.1 Å². The first kappa shape index (κ1) is 14.2. The lowest BCUT2D eigenvalue weighted by molar-refractivity contribution is -0.128. The van der Waals surface area contributed by atoms with Crippen LogP contribution < -0.4 is 0 Å². The molecule has 2 rings (SSSR count). The molecule has 0 bridgehead atoms. The molecule has 3 heteroatoms. The molecule has 1 aliphatic rings. The van der Waals surface area contributed by atoms with E-state index in [1.54, 1.807) is 13.8 Å². The van der Waals surface area contributed by atoms with Crippen LogP contribution in [0.4, 0.5) is 8.78 Å². The molecule has 0 saturated heterocycles. The molecule has 1 aromatic carbocycles. The predicted molar refractivity (Wildman–Crippen MR) is 70.9 cm³/mol. The van der Waals surface area contributed by atoms with E-state index in [0.717, 1.165) is 6.42 Å². The molecule has 104 valence electrons. The van der Waals surface area contributed by atoms with Gasteiger partial charge in [-0.05, 0) is 30.9 Å². The predicted octanol–water partition coefficient (Wildman–Crippen LogP) is 4.25. The van der Waals surface area contributed by atoms with Crippen LogP contribution in [0.25, 0.3) is 0 Å². The highest BCUT2D eigenvalue weighted by molar-refractivity contribution is 5.83. The Morgan fingerprint density at radius 2 is 1.74 bits per heavy atom. The van der Waals surface area contributed by atoms with Gasteiger partial charge in [-0.25, -0.2) is 8.78 Å². The second kappa shape index (κ2) is 5.03. The molecule has 19 heavy (non-hydrogen) atoms. The third-order valence-electron chi connectivity index (χ3n) is 4.36. The van der Waals surface area contributed by atoms with Gasteiger partial charge < -0.3 is 0 Å². The van der Waals surface area contributed by atoms with Crippen molar-refractivity contribution in [3.63, 3.8) is 0 Å². The van der Waals surface area contributed by atoms with Gasteiger partial charge in [0, 0.05) is 23.3 Å². The number of hydrogen-bond acceptors (Lipinski definition) is 1. The van der Waals surface area contributed by atoms with Gasteiger partial charge in [0.2, 0.25) is 0 Å². The second-order valence-corrected chi connectivity index (χ2v) is 6.22. The van der Waals surface area contributed by atoms with Crippen molar-refractivity contribution in [1.82, 2.24) is 0 Å². The first-order valence-electron chi connectivity index (χ1n) is 6.81. The van der Waals surface area contributed by atoms with Gasteiger partial charge in [0.15, 0.2) is 0 Å². The van der Waals surface area contributed by atoms with Crippen LogP contribution in [-0.2, 0) is 10.2 Å². The number of rotatable bonds is 2. The summed E-state index contributed by atoms with van der Waals surface area (Å²) in [4.78, 5) is 12.2. The Labute approximate surface area is 113 Å². The van der Waals surface area contributed by atoms with E-state index in [1.807, 2.05) is 6.92 Å². The van der Waals surface area contributed by atoms with E-state index in [2.05, 4.69) is 0 Å². The van der Waals surface area contributed by atoms with Crippen molar-refractivity contribution in [1.29, 1.82) is 0 Å². The zero-order valence-electron chi connectivity index (χ0n) is 11.7. The van der Waals surface area contributed by atoms with Gasteiger partial charge in [-0.1, -0.05) is 26.8 Å². The maximum Gasteiger partial charge on any atom is 0.137 e. The van der Waals surface area contributed by atoms with Crippen LogP contribution in [0.1, 0.15) is 45.6 Å². The number of carbonyl (C=O) groups is 1. The molecule has 1 aliphatic carbocycles. The standard InChI is InChI=1S/C16H20F2O/c1-10-7-8-11(14(19)9-10)16(2,3)15-12(17)5-4-6-13(15)18/h4-6,10-11H,7-9H2,1-3H3. The maximum absolute atomic E-state index is 14.0. The van der Waals surface area contributed by atoms with Crippen molar-refractivity contribution in [2.45, 2.75) is 45.4 Å². The van der Waals surface area contributed by atoms with Crippen molar-refractivity contribution < 1.29 is 13.6 Å².